The molecule has 0 spiro atoms. The van der Waals surface area contributed by atoms with Gasteiger partial charge in [0.1, 0.15) is 11.5 Å². The first-order chi connectivity index (χ1) is 15.1. The molecule has 5 nitrogen and oxygen atoms in total. The molecule has 2 aromatic heterocycles. The van der Waals surface area contributed by atoms with Crippen LogP contribution in [0.2, 0.25) is 0 Å². The zero-order chi connectivity index (χ0) is 21.5. The molecule has 0 aliphatic rings. The number of nitrogens with one attached hydrogen (secondary N) is 1. The average Bonchev–Trinajstić information content (AvgIpc) is 3.10. The molecule has 3 aromatic carbocycles. The number of fused-ring (bicyclic) bond motifs is 3. The number of halogens is 1. The first kappa shape index (κ1) is 18.8. The van der Waals surface area contributed by atoms with Gasteiger partial charge in [-0.2, -0.15) is 0 Å². The molecule has 0 saturated heterocycles. The summed E-state index contributed by atoms with van der Waals surface area (Å²) in [4.78, 5) is 27.8. The number of carboxylic acid groups (broad SMARTS) is 1. The highest BCUT2D eigenvalue weighted by molar-refractivity contribution is 6.18. The normalized spacial score (nSPS) is 11.3. The van der Waals surface area contributed by atoms with Crippen molar-refractivity contribution in [2.45, 2.75) is 6.54 Å². The van der Waals surface area contributed by atoms with E-state index in [0.29, 0.717) is 22.0 Å². The van der Waals surface area contributed by atoms with E-state index < -0.39 is 11.8 Å². The van der Waals surface area contributed by atoms with E-state index in [2.05, 4.69) is 4.98 Å². The van der Waals surface area contributed by atoms with Crippen LogP contribution in [0.1, 0.15) is 16.1 Å². The molecule has 0 saturated carbocycles. The SMILES string of the molecule is O=C(O)c1c(-c2ccc[nH]c2=O)c2c3ccccc3ccc2n1Cc1ccccc1F. The quantitative estimate of drug-likeness (QED) is 0.434. The van der Waals surface area contributed by atoms with E-state index in [9.17, 15) is 19.1 Å². The summed E-state index contributed by atoms with van der Waals surface area (Å²) in [5.41, 5.74) is 1.14. The van der Waals surface area contributed by atoms with Gasteiger partial charge in [0.05, 0.1) is 17.6 Å². The average molecular weight is 412 g/mol. The molecule has 0 amide bonds. The molecule has 0 atom stereocenters. The summed E-state index contributed by atoms with van der Waals surface area (Å²) in [6.45, 7) is 0.0217. The fourth-order valence-corrected chi connectivity index (χ4v) is 4.19. The lowest BCUT2D eigenvalue weighted by atomic mass is 9.98. The van der Waals surface area contributed by atoms with Crippen LogP contribution in [0, 0.1) is 5.82 Å². The summed E-state index contributed by atoms with van der Waals surface area (Å²) >= 11 is 0. The van der Waals surface area contributed by atoms with E-state index in [-0.39, 0.29) is 23.4 Å². The van der Waals surface area contributed by atoms with Crippen molar-refractivity contribution in [1.82, 2.24) is 9.55 Å². The van der Waals surface area contributed by atoms with Gasteiger partial charge in [-0.3, -0.25) is 4.79 Å². The van der Waals surface area contributed by atoms with Gasteiger partial charge in [0, 0.05) is 22.7 Å². The van der Waals surface area contributed by atoms with Crippen LogP contribution in [-0.4, -0.2) is 20.6 Å². The van der Waals surface area contributed by atoms with E-state index in [1.54, 1.807) is 34.9 Å². The molecular formula is C25H17FN2O3. The topological polar surface area (TPSA) is 75.1 Å². The van der Waals surface area contributed by atoms with Crippen LogP contribution in [0.15, 0.2) is 83.8 Å². The zero-order valence-corrected chi connectivity index (χ0v) is 16.3. The number of nitrogens with zero attached hydrogens (tertiary/aromatic N) is 1. The summed E-state index contributed by atoms with van der Waals surface area (Å²) in [5.74, 6) is -1.60. The maximum absolute atomic E-state index is 14.4. The molecule has 152 valence electrons. The van der Waals surface area contributed by atoms with Gasteiger partial charge in [-0.15, -0.1) is 0 Å². The number of pyridine rings is 1. The number of benzene rings is 3. The van der Waals surface area contributed by atoms with E-state index >= 15 is 0 Å². The van der Waals surface area contributed by atoms with Crippen LogP contribution in [-0.2, 0) is 6.54 Å². The molecule has 0 unspecified atom stereocenters. The van der Waals surface area contributed by atoms with Crippen LogP contribution in [0.4, 0.5) is 4.39 Å². The van der Waals surface area contributed by atoms with Crippen molar-refractivity contribution in [3.05, 3.63) is 106 Å². The number of aromatic nitrogens is 2. The Hall–Kier alpha value is -4.19. The summed E-state index contributed by atoms with van der Waals surface area (Å²) in [5, 5.41) is 12.6. The van der Waals surface area contributed by atoms with Gasteiger partial charge < -0.3 is 14.7 Å². The fraction of sp³-hybridized carbons (Fsp3) is 0.0400. The number of rotatable bonds is 4. The van der Waals surface area contributed by atoms with Crippen molar-refractivity contribution < 1.29 is 14.3 Å². The Kier molecular flexibility index (Phi) is 4.40. The Bertz CT molecular complexity index is 1530. The highest BCUT2D eigenvalue weighted by Crippen LogP contribution is 2.38. The fourth-order valence-electron chi connectivity index (χ4n) is 4.19. The maximum Gasteiger partial charge on any atom is 0.353 e. The zero-order valence-electron chi connectivity index (χ0n) is 16.3. The highest BCUT2D eigenvalue weighted by atomic mass is 19.1. The second-order valence-corrected chi connectivity index (χ2v) is 7.30. The van der Waals surface area contributed by atoms with Gasteiger partial charge in [-0.05, 0) is 35.0 Å². The molecule has 6 heteroatoms. The molecule has 0 fully saturated rings. The van der Waals surface area contributed by atoms with E-state index in [4.69, 9.17) is 0 Å². The molecule has 31 heavy (non-hydrogen) atoms. The highest BCUT2D eigenvalue weighted by Gasteiger charge is 2.26. The number of carboxylic acids is 1. The molecule has 0 radical (unpaired) electrons. The number of hydrogen-bond donors (Lipinski definition) is 2. The van der Waals surface area contributed by atoms with E-state index in [1.165, 1.54) is 12.3 Å². The summed E-state index contributed by atoms with van der Waals surface area (Å²) in [7, 11) is 0. The van der Waals surface area contributed by atoms with Gasteiger partial charge in [0.15, 0.2) is 0 Å². The molecule has 5 rings (SSSR count). The van der Waals surface area contributed by atoms with Crippen molar-refractivity contribution in [3.63, 3.8) is 0 Å². The van der Waals surface area contributed by atoms with Gasteiger partial charge >= 0.3 is 5.97 Å². The van der Waals surface area contributed by atoms with E-state index in [0.717, 1.165) is 10.8 Å². The van der Waals surface area contributed by atoms with Crippen molar-refractivity contribution in [2.24, 2.45) is 0 Å². The van der Waals surface area contributed by atoms with Gasteiger partial charge in [-0.25, -0.2) is 9.18 Å². The lowest BCUT2D eigenvalue weighted by molar-refractivity contribution is 0.0687. The van der Waals surface area contributed by atoms with Crippen molar-refractivity contribution in [1.29, 1.82) is 0 Å². The smallest absolute Gasteiger partial charge is 0.353 e. The predicted octanol–water partition coefficient (Wildman–Crippen LogP) is 5.04. The molecule has 0 aliphatic carbocycles. The third-order valence-electron chi connectivity index (χ3n) is 5.53. The standard InChI is InChI=1S/C25H17FN2O3/c26-19-10-4-2-7-16(19)14-28-20-12-11-15-6-1-3-8-17(15)21(20)22(23(28)25(30)31)18-9-5-13-27-24(18)29/h1-13H,14H2,(H,27,29)(H,30,31). The van der Waals surface area contributed by atoms with Crippen LogP contribution in [0.25, 0.3) is 32.8 Å². The first-order valence-corrected chi connectivity index (χ1v) is 9.75. The number of aromatic amines is 1. The van der Waals surface area contributed by atoms with Crippen LogP contribution >= 0.6 is 0 Å². The summed E-state index contributed by atoms with van der Waals surface area (Å²) in [6, 6.07) is 20.9. The lowest BCUT2D eigenvalue weighted by Gasteiger charge is -2.10. The monoisotopic (exact) mass is 412 g/mol. The minimum Gasteiger partial charge on any atom is -0.477 e. The number of carbonyl (C=O) groups is 1. The second kappa shape index (κ2) is 7.25. The van der Waals surface area contributed by atoms with Crippen molar-refractivity contribution in [3.8, 4) is 11.1 Å². The summed E-state index contributed by atoms with van der Waals surface area (Å²) in [6.07, 6.45) is 1.50. The number of H-pyrrole nitrogens is 1. The Morgan fingerprint density at radius 2 is 1.74 bits per heavy atom. The Morgan fingerprint density at radius 3 is 2.52 bits per heavy atom. The third-order valence-corrected chi connectivity index (χ3v) is 5.53. The molecule has 0 bridgehead atoms. The number of aromatic carboxylic acids is 1. The summed E-state index contributed by atoms with van der Waals surface area (Å²) < 4.78 is 16.0. The Morgan fingerprint density at radius 1 is 0.968 bits per heavy atom. The second-order valence-electron chi connectivity index (χ2n) is 7.30. The van der Waals surface area contributed by atoms with Gasteiger partial charge in [0.25, 0.3) is 5.56 Å². The van der Waals surface area contributed by atoms with Gasteiger partial charge in [-0.1, -0.05) is 48.5 Å². The maximum atomic E-state index is 14.4. The van der Waals surface area contributed by atoms with Crippen LogP contribution < -0.4 is 5.56 Å². The first-order valence-electron chi connectivity index (χ1n) is 9.75. The molecule has 2 heterocycles. The predicted molar refractivity (Wildman–Crippen MR) is 118 cm³/mol. The third kappa shape index (κ3) is 3.00. The van der Waals surface area contributed by atoms with Gasteiger partial charge in [0.2, 0.25) is 0 Å². The Balaban J connectivity index is 1.96. The molecule has 0 aliphatic heterocycles. The minimum absolute atomic E-state index is 0.0217. The van der Waals surface area contributed by atoms with Crippen molar-refractivity contribution in [2.75, 3.05) is 0 Å². The lowest BCUT2D eigenvalue weighted by Crippen LogP contribution is -2.14. The number of hydrogen-bond acceptors (Lipinski definition) is 2. The molecule has 5 aromatic rings. The van der Waals surface area contributed by atoms with Crippen molar-refractivity contribution >= 4 is 27.6 Å². The van der Waals surface area contributed by atoms with Crippen LogP contribution in [0.3, 0.4) is 0 Å². The largest absolute Gasteiger partial charge is 0.477 e. The van der Waals surface area contributed by atoms with Crippen LogP contribution in [0.5, 0.6) is 0 Å². The molecular weight excluding hydrogens is 395 g/mol. The molecule has 2 N–H and O–H groups in total. The Labute approximate surface area is 176 Å². The minimum atomic E-state index is -1.19. The van der Waals surface area contributed by atoms with E-state index in [1.807, 2.05) is 36.4 Å².